The average Bonchev–Trinajstić information content (AvgIpc) is 3.29. The number of aliphatic carboxylic acids is 10. The van der Waals surface area contributed by atoms with Crippen molar-refractivity contribution in [2.45, 2.75) is 262 Å². The average molecular weight is 1020 g/mol. The van der Waals surface area contributed by atoms with E-state index in [0.717, 1.165) is 0 Å². The van der Waals surface area contributed by atoms with E-state index in [1.165, 1.54) is 64.2 Å². The second kappa shape index (κ2) is 83.7. The molecule has 0 aromatic rings. The molecule has 0 atom stereocenters. The minimum absolute atomic E-state index is 0.0628. The first-order valence-corrected chi connectivity index (χ1v) is 24.9. The van der Waals surface area contributed by atoms with Gasteiger partial charge in [-0.3, -0.25) is 47.9 Å². The van der Waals surface area contributed by atoms with Crippen LogP contribution in [0, 0.1) is 0 Å². The Balaban J connectivity index is -0.0000000733. The fourth-order valence-electron chi connectivity index (χ4n) is 2.76. The van der Waals surface area contributed by atoms with Crippen molar-refractivity contribution >= 4 is 59.7 Å². The van der Waals surface area contributed by atoms with Gasteiger partial charge in [-0.15, -0.1) is 0 Å². The summed E-state index contributed by atoms with van der Waals surface area (Å²) in [5.74, 6) is -8.70. The van der Waals surface area contributed by atoms with Crippen molar-refractivity contribution in [3.63, 3.8) is 0 Å². The third kappa shape index (κ3) is 198. The van der Waals surface area contributed by atoms with Gasteiger partial charge < -0.3 is 51.1 Å². The third-order valence-corrected chi connectivity index (χ3v) is 7.66. The second-order valence-electron chi connectivity index (χ2n) is 15.0. The molecule has 0 fully saturated rings. The molecule has 0 aliphatic rings. The van der Waals surface area contributed by atoms with Gasteiger partial charge in [0.1, 0.15) is 0 Å². The molecule has 0 aromatic carbocycles. The number of hydrogen-bond acceptors (Lipinski definition) is 10. The summed E-state index contributed by atoms with van der Waals surface area (Å²) in [5.41, 5.74) is 0. The largest absolute Gasteiger partial charge is 0.481 e. The fraction of sp³-hybridized carbons (Fsp3) is 0.800. The minimum atomic E-state index is -0.870. The number of rotatable bonds is 30. The molecule has 20 nitrogen and oxygen atoms in total. The van der Waals surface area contributed by atoms with Crippen molar-refractivity contribution in [2.24, 2.45) is 0 Å². The highest BCUT2D eigenvalue weighted by atomic mass is 16.4. The summed E-state index contributed by atoms with van der Waals surface area (Å²) in [6.45, 7) is 21.8. The Morgan fingerprint density at radius 1 is 0.171 bits per heavy atom. The second-order valence-corrected chi connectivity index (χ2v) is 15.0. The Morgan fingerprint density at radius 2 is 0.229 bits per heavy atom. The highest BCUT2D eigenvalue weighted by Gasteiger charge is 2.02. The predicted molar refractivity (Wildman–Crippen MR) is 272 cm³/mol. The van der Waals surface area contributed by atoms with Crippen molar-refractivity contribution in [1.29, 1.82) is 0 Å². The summed E-state index contributed by atoms with van der Waals surface area (Å²) in [5, 5.41) is 81.3. The molecule has 0 heterocycles. The van der Waals surface area contributed by atoms with Crippen molar-refractivity contribution in [2.75, 3.05) is 0 Å². The van der Waals surface area contributed by atoms with E-state index in [0.29, 0.717) is 64.2 Å². The molecule has 0 aromatic heterocycles. The van der Waals surface area contributed by atoms with E-state index in [-0.39, 0.29) is 64.2 Å². The SMILES string of the molecule is CCCC.CCCC.CCCC.CCCC.CCCC.O=C(O)CCCCC(=O)O.O=C(O)CCCCC(=O)O.O=C(O)CCCCC(=O)O.O=C(O)CCCCC(=O)O.O=C(O)CCCCC(=O)O. The van der Waals surface area contributed by atoms with Crippen LogP contribution in [0.2, 0.25) is 0 Å². The maximum absolute atomic E-state index is 9.90. The third-order valence-electron chi connectivity index (χ3n) is 7.66. The molecule has 0 bridgehead atoms. The molecule has 20 heteroatoms. The molecule has 0 spiro atoms. The van der Waals surface area contributed by atoms with E-state index in [4.69, 9.17) is 51.1 Å². The van der Waals surface area contributed by atoms with Gasteiger partial charge in [-0.2, -0.15) is 0 Å². The molecule has 420 valence electrons. The summed E-state index contributed by atoms with van der Waals surface area (Å²) >= 11 is 0. The minimum Gasteiger partial charge on any atom is -0.481 e. The molecule has 0 rings (SSSR count). The lowest BCUT2D eigenvalue weighted by Gasteiger charge is -1.92. The van der Waals surface area contributed by atoms with Gasteiger partial charge in [-0.1, -0.05) is 133 Å². The highest BCUT2D eigenvalue weighted by Crippen LogP contribution is 2.02. The quantitative estimate of drug-likeness (QED) is 0.0299. The highest BCUT2D eigenvalue weighted by molar-refractivity contribution is 5.70. The van der Waals surface area contributed by atoms with E-state index in [9.17, 15) is 47.9 Å². The maximum Gasteiger partial charge on any atom is 0.303 e. The van der Waals surface area contributed by atoms with E-state index >= 15 is 0 Å². The molecular weight excluding hydrogens is 921 g/mol. The standard InChI is InChI=1S/5C6H10O4.5C4H10/c5*7-5(8)3-1-2-4-6(9)10;5*1-3-4-2/h5*1-4H2,(H,7,8)(H,9,10);5*3-4H2,1-2H3. The molecule has 0 aliphatic carbocycles. The van der Waals surface area contributed by atoms with Crippen LogP contribution in [-0.2, 0) is 47.9 Å². The zero-order valence-corrected chi connectivity index (χ0v) is 44.8. The van der Waals surface area contributed by atoms with Crippen molar-refractivity contribution in [3.05, 3.63) is 0 Å². The molecule has 0 saturated carbocycles. The first-order valence-electron chi connectivity index (χ1n) is 24.9. The molecule has 0 saturated heterocycles. The van der Waals surface area contributed by atoms with E-state index in [1.807, 2.05) is 0 Å². The smallest absolute Gasteiger partial charge is 0.303 e. The molecular formula is C50H100O20. The molecule has 0 amide bonds. The number of unbranched alkanes of at least 4 members (excludes halogenated alkanes) is 10. The van der Waals surface area contributed by atoms with Gasteiger partial charge in [0.25, 0.3) is 0 Å². The maximum atomic E-state index is 9.90. The van der Waals surface area contributed by atoms with Crippen molar-refractivity contribution < 1.29 is 99.0 Å². The Bertz CT molecular complexity index is 890. The van der Waals surface area contributed by atoms with Gasteiger partial charge in [0.15, 0.2) is 0 Å². The summed E-state index contributed by atoms with van der Waals surface area (Å²) in [4.78, 5) is 99.0. The van der Waals surface area contributed by atoms with Crippen LogP contribution in [0.25, 0.3) is 0 Å². The van der Waals surface area contributed by atoms with Crippen LogP contribution in [0.5, 0.6) is 0 Å². The molecule has 70 heavy (non-hydrogen) atoms. The summed E-state index contributed by atoms with van der Waals surface area (Å²) < 4.78 is 0. The number of carbonyl (C=O) groups is 10. The number of carboxylic acids is 10. The molecule has 10 N–H and O–H groups in total. The summed E-state index contributed by atoms with van der Waals surface area (Å²) in [6.07, 6.45) is 18.3. The van der Waals surface area contributed by atoms with Crippen LogP contribution >= 0.6 is 0 Å². The first-order chi connectivity index (χ1) is 32.7. The molecule has 0 aliphatic heterocycles. The van der Waals surface area contributed by atoms with Crippen LogP contribution in [-0.4, -0.2) is 111 Å². The number of carboxylic acid groups (broad SMARTS) is 10. The van der Waals surface area contributed by atoms with Crippen molar-refractivity contribution in [1.82, 2.24) is 0 Å². The van der Waals surface area contributed by atoms with E-state index in [1.54, 1.807) is 0 Å². The van der Waals surface area contributed by atoms with Gasteiger partial charge in [0.05, 0.1) is 0 Å². The lowest BCUT2D eigenvalue weighted by molar-refractivity contribution is -0.139. The van der Waals surface area contributed by atoms with Gasteiger partial charge in [-0.25, -0.2) is 0 Å². The first kappa shape index (κ1) is 87.7. The predicted octanol–water partition coefficient (Wildman–Crippen LogP) is 12.6. The van der Waals surface area contributed by atoms with Gasteiger partial charge in [0.2, 0.25) is 0 Å². The zero-order chi connectivity index (χ0) is 57.0. The normalized spacial score (nSPS) is 8.71. The fourth-order valence-corrected chi connectivity index (χ4v) is 2.76. The van der Waals surface area contributed by atoms with Crippen LogP contribution < -0.4 is 0 Å². The lowest BCUT2D eigenvalue weighted by Crippen LogP contribution is -1.97. The molecule has 0 radical (unpaired) electrons. The van der Waals surface area contributed by atoms with Crippen LogP contribution in [0.4, 0.5) is 0 Å². The van der Waals surface area contributed by atoms with Gasteiger partial charge in [-0.05, 0) is 64.2 Å². The topological polar surface area (TPSA) is 373 Å². The van der Waals surface area contributed by atoms with Crippen LogP contribution in [0.15, 0.2) is 0 Å². The lowest BCUT2D eigenvalue weighted by atomic mass is 10.2. The Morgan fingerprint density at radius 3 is 0.257 bits per heavy atom. The Labute approximate surface area is 419 Å². The van der Waals surface area contributed by atoms with Crippen LogP contribution in [0.1, 0.15) is 262 Å². The molecule has 0 unspecified atom stereocenters. The monoisotopic (exact) mass is 1020 g/mol. The zero-order valence-electron chi connectivity index (χ0n) is 44.8. The summed E-state index contributed by atoms with van der Waals surface area (Å²) in [7, 11) is 0. The summed E-state index contributed by atoms with van der Waals surface area (Å²) in [6, 6.07) is 0. The Kier molecular flexibility index (Phi) is 105. The van der Waals surface area contributed by atoms with Crippen molar-refractivity contribution in [3.8, 4) is 0 Å². The van der Waals surface area contributed by atoms with E-state index in [2.05, 4.69) is 69.2 Å². The van der Waals surface area contributed by atoms with Gasteiger partial charge in [0, 0.05) is 64.2 Å². The number of hydrogen-bond donors (Lipinski definition) is 10. The van der Waals surface area contributed by atoms with Crippen LogP contribution in [0.3, 0.4) is 0 Å². The van der Waals surface area contributed by atoms with E-state index < -0.39 is 59.7 Å². The Hall–Kier alpha value is -5.30. The van der Waals surface area contributed by atoms with Gasteiger partial charge >= 0.3 is 59.7 Å².